The first-order valence-electron chi connectivity index (χ1n) is 11.4. The molecule has 1 aliphatic carbocycles. The van der Waals surface area contributed by atoms with E-state index in [2.05, 4.69) is 9.88 Å². The number of hydrogen-bond acceptors (Lipinski definition) is 5. The van der Waals surface area contributed by atoms with Gasteiger partial charge in [-0.2, -0.15) is 13.2 Å². The van der Waals surface area contributed by atoms with Gasteiger partial charge in [-0.1, -0.05) is 29.3 Å². The summed E-state index contributed by atoms with van der Waals surface area (Å²) in [5.74, 6) is -0.342. The highest BCUT2D eigenvalue weighted by molar-refractivity contribution is 6.31. The number of aromatic nitrogens is 1. The summed E-state index contributed by atoms with van der Waals surface area (Å²) in [7, 11) is 0. The zero-order valence-electron chi connectivity index (χ0n) is 19.3. The molecule has 4 rings (SSSR count). The van der Waals surface area contributed by atoms with Crippen LogP contribution in [0, 0.1) is 5.92 Å². The Morgan fingerprint density at radius 3 is 2.50 bits per heavy atom. The Morgan fingerprint density at radius 1 is 1.17 bits per heavy atom. The Kier molecular flexibility index (Phi) is 9.77. The van der Waals surface area contributed by atoms with Crippen LogP contribution in [0.3, 0.4) is 0 Å². The lowest BCUT2D eigenvalue weighted by atomic mass is 9.85. The smallest absolute Gasteiger partial charge is 0.434 e. The van der Waals surface area contributed by atoms with Gasteiger partial charge in [0.05, 0.1) is 5.02 Å². The van der Waals surface area contributed by atoms with Crippen molar-refractivity contribution in [3.05, 3.63) is 68.5 Å². The largest absolute Gasteiger partial charge is 0.483 e. The first-order chi connectivity index (χ1) is 17.1. The van der Waals surface area contributed by atoms with Crippen LogP contribution < -0.4 is 0 Å². The van der Waals surface area contributed by atoms with Crippen LogP contribution in [0.5, 0.6) is 0 Å². The number of benzene rings is 1. The predicted molar refractivity (Wildman–Crippen MR) is 131 cm³/mol. The molecule has 0 fully saturated rings. The van der Waals surface area contributed by atoms with Gasteiger partial charge in [0.15, 0.2) is 5.69 Å². The van der Waals surface area contributed by atoms with Gasteiger partial charge in [-0.05, 0) is 78.8 Å². The molecule has 1 aromatic carbocycles. The van der Waals surface area contributed by atoms with Crippen LogP contribution in [0.4, 0.5) is 13.2 Å². The van der Waals surface area contributed by atoms with E-state index in [1.165, 1.54) is 28.8 Å². The number of carboxylic acid groups (broad SMARTS) is 1. The summed E-state index contributed by atoms with van der Waals surface area (Å²) in [6, 6.07) is 8.49. The van der Waals surface area contributed by atoms with E-state index < -0.39 is 16.9 Å². The van der Waals surface area contributed by atoms with Crippen LogP contribution in [0.1, 0.15) is 35.4 Å². The molecule has 0 saturated carbocycles. The third-order valence-electron chi connectivity index (χ3n) is 6.53. The first kappa shape index (κ1) is 28.4. The fourth-order valence-corrected chi connectivity index (χ4v) is 5.42. The lowest BCUT2D eigenvalue weighted by Gasteiger charge is -2.41. The average Bonchev–Trinajstić information content (AvgIpc) is 3.19. The third-order valence-corrected chi connectivity index (χ3v) is 7.07. The van der Waals surface area contributed by atoms with Crippen molar-refractivity contribution < 1.29 is 33.3 Å². The topological polar surface area (TPSA) is 93.9 Å². The number of alkyl halides is 3. The molecule has 11 heteroatoms. The van der Waals surface area contributed by atoms with Crippen molar-refractivity contribution in [2.24, 2.45) is 5.92 Å². The minimum Gasteiger partial charge on any atom is -0.483 e. The van der Waals surface area contributed by atoms with E-state index in [-0.39, 0.29) is 31.6 Å². The lowest BCUT2D eigenvalue weighted by Crippen LogP contribution is -2.48. The maximum atomic E-state index is 13.1. The fraction of sp³-hybridized carbons (Fsp3) is 0.440. The molecule has 0 amide bonds. The van der Waals surface area contributed by atoms with Crippen LogP contribution in [0.15, 0.2) is 35.9 Å². The number of fused-ring (bicyclic) bond motifs is 2. The highest BCUT2D eigenvalue weighted by atomic mass is 35.5. The molecule has 3 N–H and O–H groups in total. The van der Waals surface area contributed by atoms with E-state index in [1.54, 1.807) is 0 Å². The van der Waals surface area contributed by atoms with E-state index in [0.717, 1.165) is 24.9 Å². The molecule has 2 aliphatic rings. The zero-order valence-corrected chi connectivity index (χ0v) is 20.8. The van der Waals surface area contributed by atoms with Crippen LogP contribution in [-0.4, -0.2) is 64.0 Å². The second-order valence-corrected chi connectivity index (χ2v) is 9.52. The van der Waals surface area contributed by atoms with Gasteiger partial charge in [-0.25, -0.2) is 4.98 Å². The van der Waals surface area contributed by atoms with E-state index >= 15 is 0 Å². The number of hydrogen-bond donors (Lipinski definition) is 3. The van der Waals surface area contributed by atoms with Crippen molar-refractivity contribution >= 4 is 35.2 Å². The Labute approximate surface area is 217 Å². The van der Waals surface area contributed by atoms with Gasteiger partial charge in [0, 0.05) is 42.4 Å². The van der Waals surface area contributed by atoms with Crippen molar-refractivity contribution in [1.82, 2.24) is 9.88 Å². The van der Waals surface area contributed by atoms with Crippen molar-refractivity contribution in [3.63, 3.8) is 0 Å². The van der Waals surface area contributed by atoms with Crippen molar-refractivity contribution in [2.45, 2.75) is 37.9 Å². The van der Waals surface area contributed by atoms with E-state index in [9.17, 15) is 23.4 Å². The predicted octanol–water partition coefficient (Wildman–Crippen LogP) is 4.73. The number of aryl methyl sites for hydroxylation is 1. The molecule has 2 heterocycles. The number of halogens is 5. The minimum atomic E-state index is -4.59. The number of carbonyl (C=O) groups is 1. The van der Waals surface area contributed by atoms with Gasteiger partial charge < -0.3 is 15.3 Å². The standard InChI is InChI=1S/C24H25Cl2F3N2O2.CH2O2/c25-16-4-3-14-10-20-18(19(14)11-16)7-9-31(22(20)15(12-32)13-33)8-1-2-17-5-6-21(26)23(30-17)24(27,28)29;2-1-3/h3-6,11,15,22,32-33H,1-2,7-10,12-13H2;1H,(H,2,3). The maximum absolute atomic E-state index is 13.1. The summed E-state index contributed by atoms with van der Waals surface area (Å²) in [5, 5.41) is 27.1. The molecule has 196 valence electrons. The van der Waals surface area contributed by atoms with E-state index in [1.807, 2.05) is 18.2 Å². The molecule has 36 heavy (non-hydrogen) atoms. The lowest BCUT2D eigenvalue weighted by molar-refractivity contribution is -0.141. The molecule has 2 aromatic rings. The Bertz CT molecular complexity index is 1110. The minimum absolute atomic E-state index is 0.140. The summed E-state index contributed by atoms with van der Waals surface area (Å²) >= 11 is 11.9. The summed E-state index contributed by atoms with van der Waals surface area (Å²) in [5.41, 5.74) is 4.03. The summed E-state index contributed by atoms with van der Waals surface area (Å²) in [6.07, 6.45) is -2.07. The number of rotatable bonds is 7. The maximum Gasteiger partial charge on any atom is 0.434 e. The van der Waals surface area contributed by atoms with Gasteiger partial charge in [0.2, 0.25) is 0 Å². The van der Waals surface area contributed by atoms with Gasteiger partial charge >= 0.3 is 6.18 Å². The summed E-state index contributed by atoms with van der Waals surface area (Å²) < 4.78 is 39.3. The van der Waals surface area contributed by atoms with Gasteiger partial charge in [0.1, 0.15) is 0 Å². The molecule has 6 nitrogen and oxygen atoms in total. The molecular formula is C25H27Cl2F3N2O4. The quantitative estimate of drug-likeness (QED) is 0.435. The fourth-order valence-electron chi connectivity index (χ4n) is 5.04. The molecule has 1 aliphatic heterocycles. The monoisotopic (exact) mass is 546 g/mol. The molecule has 0 spiro atoms. The second kappa shape index (κ2) is 12.4. The second-order valence-electron chi connectivity index (χ2n) is 8.68. The SMILES string of the molecule is O=CO.OCC(CO)C1C2=C(CCN1CCCc1ccc(Cl)c(C(F)(F)F)n1)c1cc(Cl)ccc1C2. The van der Waals surface area contributed by atoms with Gasteiger partial charge in [-0.3, -0.25) is 9.69 Å². The van der Waals surface area contributed by atoms with Crippen molar-refractivity contribution in [3.8, 4) is 0 Å². The molecular weight excluding hydrogens is 520 g/mol. The Morgan fingerprint density at radius 2 is 1.86 bits per heavy atom. The molecule has 0 bridgehead atoms. The molecule has 1 atom stereocenters. The molecule has 1 aromatic heterocycles. The Balaban J connectivity index is 0.00000115. The molecule has 0 radical (unpaired) electrons. The molecule has 1 unspecified atom stereocenters. The van der Waals surface area contributed by atoms with Crippen LogP contribution in [0.25, 0.3) is 5.57 Å². The van der Waals surface area contributed by atoms with Crippen LogP contribution in [0.2, 0.25) is 10.0 Å². The third kappa shape index (κ3) is 6.39. The average molecular weight is 547 g/mol. The van der Waals surface area contributed by atoms with Gasteiger partial charge in [0.25, 0.3) is 6.47 Å². The van der Waals surface area contributed by atoms with E-state index in [0.29, 0.717) is 30.1 Å². The highest BCUT2D eigenvalue weighted by Gasteiger charge is 2.38. The Hall–Kier alpha value is -2.17. The molecule has 0 saturated heterocycles. The summed E-state index contributed by atoms with van der Waals surface area (Å²) in [4.78, 5) is 14.3. The van der Waals surface area contributed by atoms with Crippen molar-refractivity contribution in [1.29, 1.82) is 0 Å². The van der Waals surface area contributed by atoms with Gasteiger partial charge in [-0.15, -0.1) is 0 Å². The zero-order chi connectivity index (χ0) is 26.5. The van der Waals surface area contributed by atoms with E-state index in [4.69, 9.17) is 33.1 Å². The number of aliphatic hydroxyl groups is 2. The number of pyridine rings is 1. The number of nitrogens with zero attached hydrogens (tertiary/aromatic N) is 2. The summed E-state index contributed by atoms with van der Waals surface area (Å²) in [6.45, 7) is 0.785. The van der Waals surface area contributed by atoms with Crippen LogP contribution in [-0.2, 0) is 23.8 Å². The first-order valence-corrected chi connectivity index (χ1v) is 12.2. The highest BCUT2D eigenvalue weighted by Crippen LogP contribution is 2.43. The normalized spacial score (nSPS) is 17.5. The van der Waals surface area contributed by atoms with Crippen LogP contribution >= 0.6 is 23.2 Å². The van der Waals surface area contributed by atoms with Crippen molar-refractivity contribution in [2.75, 3.05) is 26.3 Å². The number of aliphatic hydroxyl groups excluding tert-OH is 2.